The molecule has 13 heteroatoms. The summed E-state index contributed by atoms with van der Waals surface area (Å²) in [4.78, 5) is 37.1. The van der Waals surface area contributed by atoms with Crippen LogP contribution in [0.4, 0.5) is 40.7 Å². The zero-order valence-corrected chi connectivity index (χ0v) is 20.8. The Labute approximate surface area is 211 Å². The van der Waals surface area contributed by atoms with Crippen molar-refractivity contribution in [2.75, 3.05) is 55.9 Å². The minimum Gasteiger partial charge on any atom is -0.351 e. The molecule has 2 N–H and O–H groups in total. The van der Waals surface area contributed by atoms with Crippen molar-refractivity contribution in [1.82, 2.24) is 20.2 Å². The number of alkyl halides is 2. The van der Waals surface area contributed by atoms with Crippen LogP contribution in [-0.2, 0) is 4.79 Å². The Morgan fingerprint density at radius 1 is 1.19 bits per heavy atom. The number of anilines is 4. The summed E-state index contributed by atoms with van der Waals surface area (Å²) in [6.07, 6.45) is 4.26. The van der Waals surface area contributed by atoms with Crippen molar-refractivity contribution in [3.05, 3.63) is 35.5 Å². The van der Waals surface area contributed by atoms with Gasteiger partial charge in [0.1, 0.15) is 17.3 Å². The Morgan fingerprint density at radius 3 is 2.57 bits per heavy atom. The van der Waals surface area contributed by atoms with E-state index in [-0.39, 0.29) is 35.7 Å². The number of carbonyl (C=O) groups excluding carboxylic acids is 2. The molecule has 4 rings (SSSR count). The van der Waals surface area contributed by atoms with Crippen molar-refractivity contribution in [2.45, 2.75) is 37.6 Å². The summed E-state index contributed by atoms with van der Waals surface area (Å²) in [5.74, 6) is -7.71. The van der Waals surface area contributed by atoms with E-state index in [1.54, 1.807) is 0 Å². The molecule has 1 aromatic heterocycles. The third-order valence-corrected chi connectivity index (χ3v) is 6.53. The maximum atomic E-state index is 14.8. The van der Waals surface area contributed by atoms with Crippen LogP contribution < -0.4 is 20.4 Å². The lowest BCUT2D eigenvalue weighted by Crippen LogP contribution is -2.48. The van der Waals surface area contributed by atoms with E-state index in [0.717, 1.165) is 29.9 Å². The van der Waals surface area contributed by atoms with Crippen molar-refractivity contribution in [1.29, 1.82) is 0 Å². The molecular formula is C24H29F4N7O2. The van der Waals surface area contributed by atoms with Crippen molar-refractivity contribution >= 4 is 35.0 Å². The number of benzene rings is 1. The molecule has 37 heavy (non-hydrogen) atoms. The monoisotopic (exact) mass is 523 g/mol. The molecular weight excluding hydrogens is 494 g/mol. The van der Waals surface area contributed by atoms with Crippen LogP contribution in [-0.4, -0.2) is 79.4 Å². The second-order valence-corrected chi connectivity index (χ2v) is 9.53. The molecule has 2 heterocycles. The molecule has 0 saturated heterocycles. The number of amides is 2. The molecule has 1 saturated carbocycles. The predicted molar refractivity (Wildman–Crippen MR) is 131 cm³/mol. The predicted octanol–water partition coefficient (Wildman–Crippen LogP) is 3.15. The van der Waals surface area contributed by atoms with Crippen molar-refractivity contribution in [2.24, 2.45) is 0 Å². The zero-order valence-electron chi connectivity index (χ0n) is 20.8. The molecule has 2 amide bonds. The number of nitrogens with zero attached hydrogens (tertiary/aromatic N) is 5. The van der Waals surface area contributed by atoms with Gasteiger partial charge in [-0.15, -0.1) is 0 Å². The van der Waals surface area contributed by atoms with Gasteiger partial charge in [0, 0.05) is 32.2 Å². The van der Waals surface area contributed by atoms with Gasteiger partial charge < -0.3 is 25.3 Å². The standard InChI is InChI=1S/C24H29F4N7O2/c1-33(2)9-8-29-21(36)15-10-17(26)18(11-16(15)25)31-23-30-12-19-20(32-23)35(14-6-4-5-7-14)13-24(27,28)22(37)34(19)3/h10-12,14H,4-9,13H2,1-3H3,(H,29,36)(H,30,31,32). The lowest BCUT2D eigenvalue weighted by Gasteiger charge is -2.31. The minimum absolute atomic E-state index is 0.0935. The van der Waals surface area contributed by atoms with Crippen LogP contribution in [0.25, 0.3) is 0 Å². The van der Waals surface area contributed by atoms with Crippen LogP contribution in [0, 0.1) is 11.6 Å². The third kappa shape index (κ3) is 5.60. The molecule has 0 bridgehead atoms. The average molecular weight is 524 g/mol. The number of fused-ring (bicyclic) bond motifs is 1. The first-order valence-electron chi connectivity index (χ1n) is 12.0. The maximum Gasteiger partial charge on any atom is 0.342 e. The molecule has 200 valence electrons. The van der Waals surface area contributed by atoms with E-state index in [4.69, 9.17) is 0 Å². The first kappa shape index (κ1) is 26.6. The molecule has 0 radical (unpaired) electrons. The van der Waals surface area contributed by atoms with Gasteiger partial charge in [0.15, 0.2) is 5.82 Å². The van der Waals surface area contributed by atoms with Gasteiger partial charge in [0.2, 0.25) is 5.95 Å². The van der Waals surface area contributed by atoms with E-state index in [0.29, 0.717) is 19.4 Å². The molecule has 1 aliphatic carbocycles. The molecule has 2 aliphatic rings. The van der Waals surface area contributed by atoms with Gasteiger partial charge in [-0.3, -0.25) is 9.59 Å². The lowest BCUT2D eigenvalue weighted by molar-refractivity contribution is -0.140. The number of halogens is 4. The Morgan fingerprint density at radius 2 is 1.89 bits per heavy atom. The number of rotatable bonds is 7. The fraction of sp³-hybridized carbons (Fsp3) is 0.500. The molecule has 1 aliphatic heterocycles. The second kappa shape index (κ2) is 10.5. The highest BCUT2D eigenvalue weighted by molar-refractivity contribution is 6.02. The Hall–Kier alpha value is -3.48. The topological polar surface area (TPSA) is 93.7 Å². The average Bonchev–Trinajstić information content (AvgIpc) is 3.36. The molecule has 9 nitrogen and oxygen atoms in total. The maximum absolute atomic E-state index is 14.8. The van der Waals surface area contributed by atoms with Crippen LogP contribution in [0.5, 0.6) is 0 Å². The summed E-state index contributed by atoms with van der Waals surface area (Å²) >= 11 is 0. The van der Waals surface area contributed by atoms with Gasteiger partial charge in [0.05, 0.1) is 24.0 Å². The van der Waals surface area contributed by atoms with Crippen molar-refractivity contribution < 1.29 is 27.2 Å². The fourth-order valence-corrected chi connectivity index (χ4v) is 4.53. The number of aromatic nitrogens is 2. The van der Waals surface area contributed by atoms with E-state index in [1.807, 2.05) is 19.0 Å². The molecule has 2 aromatic rings. The highest BCUT2D eigenvalue weighted by atomic mass is 19.3. The first-order valence-corrected chi connectivity index (χ1v) is 12.0. The number of nitrogens with one attached hydrogen (secondary N) is 2. The molecule has 0 atom stereocenters. The minimum atomic E-state index is -3.64. The summed E-state index contributed by atoms with van der Waals surface area (Å²) in [6.45, 7) is -0.0655. The largest absolute Gasteiger partial charge is 0.351 e. The highest BCUT2D eigenvalue weighted by Gasteiger charge is 2.48. The summed E-state index contributed by atoms with van der Waals surface area (Å²) in [5.41, 5.74) is -0.700. The number of carbonyl (C=O) groups is 2. The van der Waals surface area contributed by atoms with Crippen LogP contribution in [0.15, 0.2) is 18.3 Å². The second-order valence-electron chi connectivity index (χ2n) is 9.53. The number of hydrogen-bond acceptors (Lipinski definition) is 7. The third-order valence-electron chi connectivity index (χ3n) is 6.53. The van der Waals surface area contributed by atoms with Gasteiger partial charge in [-0.2, -0.15) is 13.8 Å². The van der Waals surface area contributed by atoms with Gasteiger partial charge in [-0.1, -0.05) is 12.8 Å². The van der Waals surface area contributed by atoms with E-state index in [9.17, 15) is 27.2 Å². The van der Waals surface area contributed by atoms with E-state index < -0.39 is 41.5 Å². The molecule has 1 aromatic carbocycles. The quantitative estimate of drug-likeness (QED) is 0.539. The van der Waals surface area contributed by atoms with Gasteiger partial charge in [-0.05, 0) is 33.0 Å². The molecule has 0 unspecified atom stereocenters. The fourth-order valence-electron chi connectivity index (χ4n) is 4.53. The first-order chi connectivity index (χ1) is 17.5. The van der Waals surface area contributed by atoms with Crippen LogP contribution in [0.3, 0.4) is 0 Å². The van der Waals surface area contributed by atoms with E-state index in [2.05, 4.69) is 20.6 Å². The molecule has 1 fully saturated rings. The number of likely N-dealkylation sites (N-methyl/N-ethyl adjacent to an activating group) is 1. The zero-order chi connectivity index (χ0) is 26.9. The van der Waals surface area contributed by atoms with Gasteiger partial charge >= 0.3 is 5.92 Å². The van der Waals surface area contributed by atoms with Crippen LogP contribution >= 0.6 is 0 Å². The van der Waals surface area contributed by atoms with Gasteiger partial charge in [-0.25, -0.2) is 13.8 Å². The SMILES string of the molecule is CN(C)CCNC(=O)c1cc(F)c(Nc2ncc3c(n2)N(C2CCCC2)CC(F)(F)C(=O)N3C)cc1F. The van der Waals surface area contributed by atoms with E-state index in [1.165, 1.54) is 18.1 Å². The van der Waals surface area contributed by atoms with Gasteiger partial charge in [0.25, 0.3) is 11.8 Å². The highest BCUT2D eigenvalue weighted by Crippen LogP contribution is 2.39. The normalized spacial score (nSPS) is 17.7. The van der Waals surface area contributed by atoms with Crippen LogP contribution in [0.1, 0.15) is 36.0 Å². The van der Waals surface area contributed by atoms with Crippen molar-refractivity contribution in [3.63, 3.8) is 0 Å². The summed E-state index contributed by atoms with van der Waals surface area (Å²) in [5, 5.41) is 5.09. The lowest BCUT2D eigenvalue weighted by atomic mass is 10.1. The summed E-state index contributed by atoms with van der Waals surface area (Å²) in [7, 11) is 4.85. The van der Waals surface area contributed by atoms with Crippen molar-refractivity contribution in [3.8, 4) is 0 Å². The summed E-state index contributed by atoms with van der Waals surface area (Å²) in [6, 6.07) is 1.33. The number of hydrogen-bond donors (Lipinski definition) is 2. The smallest absolute Gasteiger partial charge is 0.342 e. The molecule has 0 spiro atoms. The Kier molecular flexibility index (Phi) is 7.53. The summed E-state index contributed by atoms with van der Waals surface area (Å²) < 4.78 is 59.0. The Bertz CT molecular complexity index is 1190. The van der Waals surface area contributed by atoms with Crippen LogP contribution in [0.2, 0.25) is 0 Å². The van der Waals surface area contributed by atoms with E-state index >= 15 is 0 Å². The Balaban J connectivity index is 1.62.